The van der Waals surface area contributed by atoms with Crippen LogP contribution < -0.4 is 0 Å². The van der Waals surface area contributed by atoms with Crippen molar-refractivity contribution in [1.82, 2.24) is 4.90 Å². The van der Waals surface area contributed by atoms with E-state index in [-0.39, 0.29) is 5.97 Å². The van der Waals surface area contributed by atoms with Crippen LogP contribution in [0.5, 0.6) is 0 Å². The van der Waals surface area contributed by atoms with Gasteiger partial charge in [0.15, 0.2) is 0 Å². The smallest absolute Gasteiger partial charge is 0.305 e. The lowest BCUT2D eigenvalue weighted by atomic mass is 9.86. The van der Waals surface area contributed by atoms with Crippen LogP contribution in [0.2, 0.25) is 0 Å². The lowest BCUT2D eigenvalue weighted by Gasteiger charge is -2.30. The van der Waals surface area contributed by atoms with Gasteiger partial charge >= 0.3 is 5.97 Å². The van der Waals surface area contributed by atoms with Gasteiger partial charge in [0.2, 0.25) is 0 Å². The molecule has 1 aliphatic heterocycles. The highest BCUT2D eigenvalue weighted by Gasteiger charge is 2.22. The number of rotatable bonds is 4. The predicted octanol–water partition coefficient (Wildman–Crippen LogP) is 5.02. The second-order valence-corrected chi connectivity index (χ2v) is 7.51. The molecule has 0 aromatic heterocycles. The zero-order chi connectivity index (χ0) is 19.3. The maximum absolute atomic E-state index is 11.3. The number of hydrogen-bond donors (Lipinski definition) is 0. The van der Waals surface area contributed by atoms with Crippen molar-refractivity contribution in [3.8, 4) is 0 Å². The second kappa shape index (κ2) is 8.57. The van der Waals surface area contributed by atoms with E-state index in [1.165, 1.54) is 34.9 Å². The third kappa shape index (κ3) is 3.95. The van der Waals surface area contributed by atoms with Gasteiger partial charge in [0, 0.05) is 19.5 Å². The van der Waals surface area contributed by atoms with E-state index in [1.807, 2.05) is 0 Å². The molecule has 1 aliphatic carbocycles. The molecule has 0 amide bonds. The van der Waals surface area contributed by atoms with Crippen LogP contribution in [-0.2, 0) is 9.53 Å². The number of benzene rings is 2. The summed E-state index contributed by atoms with van der Waals surface area (Å²) in [7, 11) is 1.46. The molecule has 28 heavy (non-hydrogen) atoms. The number of hydrogen-bond acceptors (Lipinski definition) is 3. The van der Waals surface area contributed by atoms with E-state index >= 15 is 0 Å². The number of piperidine rings is 1. The normalized spacial score (nSPS) is 16.3. The van der Waals surface area contributed by atoms with Crippen LogP contribution in [0, 0.1) is 0 Å². The number of likely N-dealkylation sites (tertiary alicyclic amines) is 1. The molecule has 0 N–H and O–H groups in total. The summed E-state index contributed by atoms with van der Waals surface area (Å²) in [6.07, 6.45) is 8.02. The molecule has 3 heteroatoms. The summed E-state index contributed by atoms with van der Waals surface area (Å²) in [4.78, 5) is 13.8. The zero-order valence-electron chi connectivity index (χ0n) is 16.5. The molecule has 0 unspecified atom stereocenters. The van der Waals surface area contributed by atoms with Gasteiger partial charge in [-0.2, -0.15) is 0 Å². The maximum atomic E-state index is 11.3. The molecule has 0 atom stereocenters. The summed E-state index contributed by atoms with van der Waals surface area (Å²) in [6, 6.07) is 17.4. The first kappa shape index (κ1) is 18.7. The van der Waals surface area contributed by atoms with Crippen molar-refractivity contribution in [2.45, 2.75) is 25.7 Å². The number of ether oxygens (including phenoxy) is 1. The first-order valence-electron chi connectivity index (χ1n) is 10.1. The Morgan fingerprint density at radius 1 is 0.929 bits per heavy atom. The molecule has 1 heterocycles. The van der Waals surface area contributed by atoms with Crippen LogP contribution in [0.3, 0.4) is 0 Å². The minimum atomic E-state index is -0.112. The summed E-state index contributed by atoms with van der Waals surface area (Å²) in [5.41, 5.74) is 8.25. The number of esters is 1. The van der Waals surface area contributed by atoms with E-state index in [0.29, 0.717) is 6.42 Å². The van der Waals surface area contributed by atoms with E-state index < -0.39 is 0 Å². The number of methoxy groups -OCH3 is 1. The molecule has 4 rings (SSSR count). The van der Waals surface area contributed by atoms with Gasteiger partial charge in [-0.05, 0) is 53.6 Å². The van der Waals surface area contributed by atoms with Crippen molar-refractivity contribution in [2.75, 3.05) is 26.7 Å². The van der Waals surface area contributed by atoms with Crippen LogP contribution in [-0.4, -0.2) is 37.6 Å². The van der Waals surface area contributed by atoms with E-state index in [0.717, 1.165) is 38.9 Å². The molecule has 0 bridgehead atoms. The topological polar surface area (TPSA) is 29.5 Å². The average Bonchev–Trinajstić information content (AvgIpc) is 2.91. The van der Waals surface area contributed by atoms with Crippen LogP contribution in [0.1, 0.15) is 47.9 Å². The number of fused-ring (bicyclic) bond motifs is 2. The largest absolute Gasteiger partial charge is 0.469 e. The standard InChI is InChI=1S/C25H27NO2/c1-28-24(27)11-6-16-26-17-14-21(15-18-26)25-22-9-4-2-7-19(22)12-13-20-8-3-5-10-23(20)25/h2-5,7-10,12-13H,6,11,14-18H2,1H3. The number of carbonyl (C=O) groups is 1. The summed E-state index contributed by atoms with van der Waals surface area (Å²) in [6.45, 7) is 3.07. The van der Waals surface area contributed by atoms with Crippen LogP contribution >= 0.6 is 0 Å². The van der Waals surface area contributed by atoms with E-state index in [4.69, 9.17) is 4.74 Å². The lowest BCUT2D eigenvalue weighted by Crippen LogP contribution is -2.32. The molecule has 0 saturated carbocycles. The van der Waals surface area contributed by atoms with Gasteiger partial charge < -0.3 is 9.64 Å². The van der Waals surface area contributed by atoms with Crippen molar-refractivity contribution in [3.05, 3.63) is 76.4 Å². The minimum absolute atomic E-state index is 0.112. The van der Waals surface area contributed by atoms with Gasteiger partial charge in [-0.25, -0.2) is 0 Å². The maximum Gasteiger partial charge on any atom is 0.305 e. The third-order valence-corrected chi connectivity index (χ3v) is 5.80. The van der Waals surface area contributed by atoms with E-state index in [2.05, 4.69) is 65.6 Å². The molecular formula is C25H27NO2. The molecule has 2 aromatic carbocycles. The first-order valence-corrected chi connectivity index (χ1v) is 10.1. The van der Waals surface area contributed by atoms with Crippen LogP contribution in [0.4, 0.5) is 0 Å². The molecule has 0 spiro atoms. The summed E-state index contributed by atoms with van der Waals surface area (Å²) >= 11 is 0. The van der Waals surface area contributed by atoms with Crippen molar-refractivity contribution in [3.63, 3.8) is 0 Å². The fourth-order valence-electron chi connectivity index (χ4n) is 4.29. The Kier molecular flexibility index (Phi) is 5.73. The Labute approximate surface area is 167 Å². The SMILES string of the molecule is COC(=O)CCCN1CCC(=C2c3ccccc3C=Cc3ccccc32)CC1. The highest BCUT2D eigenvalue weighted by Crippen LogP contribution is 2.38. The van der Waals surface area contributed by atoms with Gasteiger partial charge in [-0.1, -0.05) is 66.3 Å². The summed E-state index contributed by atoms with van der Waals surface area (Å²) in [5.74, 6) is -0.112. The van der Waals surface area contributed by atoms with Gasteiger partial charge in [-0.15, -0.1) is 0 Å². The molecule has 1 saturated heterocycles. The average molecular weight is 373 g/mol. The Morgan fingerprint density at radius 3 is 2.07 bits per heavy atom. The highest BCUT2D eigenvalue weighted by atomic mass is 16.5. The molecule has 2 aromatic rings. The Bertz CT molecular complexity index is 864. The molecule has 2 aliphatic rings. The second-order valence-electron chi connectivity index (χ2n) is 7.51. The quantitative estimate of drug-likeness (QED) is 0.601. The number of carbonyl (C=O) groups excluding carboxylic acids is 1. The van der Waals surface area contributed by atoms with E-state index in [9.17, 15) is 4.79 Å². The molecule has 1 fully saturated rings. The lowest BCUT2D eigenvalue weighted by molar-refractivity contribution is -0.140. The molecule has 0 radical (unpaired) electrons. The third-order valence-electron chi connectivity index (χ3n) is 5.80. The highest BCUT2D eigenvalue weighted by molar-refractivity contribution is 5.94. The predicted molar refractivity (Wildman–Crippen MR) is 115 cm³/mol. The van der Waals surface area contributed by atoms with Crippen LogP contribution in [0.15, 0.2) is 54.1 Å². The van der Waals surface area contributed by atoms with Crippen molar-refractivity contribution < 1.29 is 9.53 Å². The van der Waals surface area contributed by atoms with E-state index in [1.54, 1.807) is 5.57 Å². The fourth-order valence-corrected chi connectivity index (χ4v) is 4.29. The van der Waals surface area contributed by atoms with Crippen LogP contribution in [0.25, 0.3) is 17.7 Å². The Hall–Kier alpha value is -2.65. The van der Waals surface area contributed by atoms with Crippen molar-refractivity contribution in [2.24, 2.45) is 0 Å². The molecule has 3 nitrogen and oxygen atoms in total. The summed E-state index contributed by atoms with van der Waals surface area (Å²) in [5, 5.41) is 0. The Balaban J connectivity index is 1.58. The van der Waals surface area contributed by atoms with Gasteiger partial charge in [0.25, 0.3) is 0 Å². The van der Waals surface area contributed by atoms with Gasteiger partial charge in [0.05, 0.1) is 7.11 Å². The zero-order valence-corrected chi connectivity index (χ0v) is 16.5. The van der Waals surface area contributed by atoms with Crippen molar-refractivity contribution in [1.29, 1.82) is 0 Å². The van der Waals surface area contributed by atoms with Crippen molar-refractivity contribution >= 4 is 23.7 Å². The Morgan fingerprint density at radius 2 is 1.50 bits per heavy atom. The fraction of sp³-hybridized carbons (Fsp3) is 0.320. The first-order chi connectivity index (χ1) is 13.8. The minimum Gasteiger partial charge on any atom is -0.469 e. The molecule has 144 valence electrons. The monoisotopic (exact) mass is 373 g/mol. The number of nitrogens with zero attached hydrogens (tertiary/aromatic N) is 1. The molecular weight excluding hydrogens is 346 g/mol. The summed E-state index contributed by atoms with van der Waals surface area (Å²) < 4.78 is 4.74. The van der Waals surface area contributed by atoms with Gasteiger partial charge in [0.1, 0.15) is 0 Å². The van der Waals surface area contributed by atoms with Gasteiger partial charge in [-0.3, -0.25) is 4.79 Å².